The fraction of sp³-hybridized carbons (Fsp3) is 0. The van der Waals surface area contributed by atoms with Gasteiger partial charge in [-0.15, -0.1) is 0 Å². The van der Waals surface area contributed by atoms with Gasteiger partial charge < -0.3 is 11.1 Å². The number of nitrogen functional groups attached to an aromatic ring is 1. The molecule has 0 atom stereocenters. The van der Waals surface area contributed by atoms with Gasteiger partial charge in [0.15, 0.2) is 0 Å². The number of hydrogen-bond donors (Lipinski definition) is 2. The predicted molar refractivity (Wildman–Crippen MR) is 56.5 cm³/mol. The molecule has 0 heterocycles. The average Bonchev–Trinajstić information content (AvgIpc) is 2.01. The van der Waals surface area contributed by atoms with Crippen molar-refractivity contribution in [3.8, 4) is 0 Å². The van der Waals surface area contributed by atoms with Crippen LogP contribution in [-0.2, 0) is 0 Å². The van der Waals surface area contributed by atoms with Crippen LogP contribution < -0.4 is 5.73 Å². The van der Waals surface area contributed by atoms with Gasteiger partial charge in [0.05, 0.1) is 15.7 Å². The summed E-state index contributed by atoms with van der Waals surface area (Å²) in [6, 6.07) is 1.61. The van der Waals surface area contributed by atoms with Gasteiger partial charge in [-0.25, -0.2) is 0 Å². The van der Waals surface area contributed by atoms with E-state index in [0.29, 0.717) is 25.8 Å². The number of nitrogens with two attached hydrogens (primary N) is 1. The van der Waals surface area contributed by atoms with Crippen molar-refractivity contribution in [1.82, 2.24) is 0 Å². The molecule has 12 heavy (non-hydrogen) atoms. The van der Waals surface area contributed by atoms with Gasteiger partial charge in [0, 0.05) is 16.3 Å². The van der Waals surface area contributed by atoms with Crippen LogP contribution in [0.15, 0.2) is 10.5 Å². The van der Waals surface area contributed by atoms with Gasteiger partial charge in [0.2, 0.25) is 0 Å². The van der Waals surface area contributed by atoms with Crippen molar-refractivity contribution in [3.05, 3.63) is 26.1 Å². The molecule has 0 bridgehead atoms. The first-order chi connectivity index (χ1) is 5.57. The molecule has 1 aromatic carbocycles. The highest BCUT2D eigenvalue weighted by molar-refractivity contribution is 9.10. The molecule has 0 amide bonds. The molecule has 0 aromatic heterocycles. The summed E-state index contributed by atoms with van der Waals surface area (Å²) in [5, 5.41) is 7.83. The minimum atomic E-state index is 0.325. The van der Waals surface area contributed by atoms with Crippen molar-refractivity contribution in [2.24, 2.45) is 0 Å². The molecular formula is C7H5BrCl2N2. The van der Waals surface area contributed by atoms with Crippen LogP contribution >= 0.6 is 39.1 Å². The Balaban J connectivity index is 3.51. The SMILES string of the molecule is N=Cc1c(Cl)cc(Br)c(Cl)c1N. The maximum absolute atomic E-state index is 7.03. The van der Waals surface area contributed by atoms with E-state index in [0.717, 1.165) is 6.21 Å². The van der Waals surface area contributed by atoms with E-state index in [1.165, 1.54) is 0 Å². The highest BCUT2D eigenvalue weighted by Crippen LogP contribution is 2.34. The number of halogens is 3. The standard InChI is InChI=1S/C7H5BrCl2N2/c8-4-1-5(9)3(2-11)7(12)6(4)10/h1-2,11H,12H2. The predicted octanol–water partition coefficient (Wildman–Crippen LogP) is 3.34. The van der Waals surface area contributed by atoms with Gasteiger partial charge in [0.1, 0.15) is 0 Å². The Morgan fingerprint density at radius 1 is 1.50 bits per heavy atom. The van der Waals surface area contributed by atoms with Crippen LogP contribution in [0.4, 0.5) is 5.69 Å². The Morgan fingerprint density at radius 2 is 2.08 bits per heavy atom. The number of nitrogens with one attached hydrogen (secondary N) is 1. The van der Waals surface area contributed by atoms with Crippen LogP contribution in [-0.4, -0.2) is 6.21 Å². The van der Waals surface area contributed by atoms with Gasteiger partial charge in [-0.2, -0.15) is 0 Å². The minimum absolute atomic E-state index is 0.325. The first-order valence-corrected chi connectivity index (χ1v) is 4.56. The Bertz CT molecular complexity index is 339. The van der Waals surface area contributed by atoms with Crippen LogP contribution in [0.2, 0.25) is 10.0 Å². The summed E-state index contributed by atoms with van der Waals surface area (Å²) >= 11 is 14.8. The molecule has 0 fully saturated rings. The van der Waals surface area contributed by atoms with Crippen LogP contribution in [0.25, 0.3) is 0 Å². The summed E-state index contributed by atoms with van der Waals surface area (Å²) in [4.78, 5) is 0. The molecule has 0 radical (unpaired) electrons. The topological polar surface area (TPSA) is 49.9 Å². The fourth-order valence-electron chi connectivity index (χ4n) is 0.775. The first kappa shape index (κ1) is 9.84. The van der Waals surface area contributed by atoms with Crippen LogP contribution in [0.3, 0.4) is 0 Å². The Labute approximate surface area is 88.3 Å². The van der Waals surface area contributed by atoms with Crippen LogP contribution in [0.1, 0.15) is 5.56 Å². The quantitative estimate of drug-likeness (QED) is 0.458. The molecule has 0 spiro atoms. The van der Waals surface area contributed by atoms with Crippen LogP contribution in [0.5, 0.6) is 0 Å². The maximum Gasteiger partial charge on any atom is 0.0785 e. The fourth-order valence-corrected chi connectivity index (χ4v) is 1.77. The van der Waals surface area contributed by atoms with Gasteiger partial charge >= 0.3 is 0 Å². The molecule has 1 aromatic rings. The van der Waals surface area contributed by atoms with Crippen molar-refractivity contribution in [3.63, 3.8) is 0 Å². The van der Waals surface area contributed by atoms with Gasteiger partial charge in [-0.05, 0) is 22.0 Å². The summed E-state index contributed by atoms with van der Waals surface area (Å²) in [5.74, 6) is 0. The molecule has 0 aliphatic heterocycles. The molecular weight excluding hydrogens is 263 g/mol. The lowest BCUT2D eigenvalue weighted by atomic mass is 10.2. The number of rotatable bonds is 1. The van der Waals surface area contributed by atoms with Gasteiger partial charge in [-0.3, -0.25) is 0 Å². The van der Waals surface area contributed by atoms with E-state index in [2.05, 4.69) is 15.9 Å². The van der Waals surface area contributed by atoms with Crippen molar-refractivity contribution in [2.45, 2.75) is 0 Å². The molecule has 2 nitrogen and oxygen atoms in total. The number of hydrogen-bond acceptors (Lipinski definition) is 2. The van der Waals surface area contributed by atoms with Crippen LogP contribution in [0, 0.1) is 5.41 Å². The third-order valence-corrected chi connectivity index (χ3v) is 2.97. The van der Waals surface area contributed by atoms with Crippen molar-refractivity contribution < 1.29 is 0 Å². The monoisotopic (exact) mass is 266 g/mol. The average molecular weight is 268 g/mol. The van der Waals surface area contributed by atoms with Crippen molar-refractivity contribution in [2.75, 3.05) is 5.73 Å². The molecule has 5 heteroatoms. The van der Waals surface area contributed by atoms with Crippen molar-refractivity contribution in [1.29, 1.82) is 5.41 Å². The molecule has 0 aliphatic carbocycles. The van der Waals surface area contributed by atoms with E-state index < -0.39 is 0 Å². The Hall–Kier alpha value is -0.250. The van der Waals surface area contributed by atoms with E-state index in [1.807, 2.05) is 0 Å². The number of benzene rings is 1. The molecule has 1 rings (SSSR count). The van der Waals surface area contributed by atoms with E-state index in [9.17, 15) is 0 Å². The Kier molecular flexibility index (Phi) is 2.99. The lowest BCUT2D eigenvalue weighted by molar-refractivity contribution is 1.53. The second kappa shape index (κ2) is 3.64. The molecule has 0 saturated carbocycles. The van der Waals surface area contributed by atoms with E-state index >= 15 is 0 Å². The zero-order valence-corrected chi connectivity index (χ0v) is 8.96. The van der Waals surface area contributed by atoms with Gasteiger partial charge in [-0.1, -0.05) is 23.2 Å². The second-order valence-electron chi connectivity index (χ2n) is 2.13. The van der Waals surface area contributed by atoms with Crippen molar-refractivity contribution >= 4 is 51.0 Å². The molecule has 3 N–H and O–H groups in total. The normalized spacial score (nSPS) is 9.92. The zero-order valence-electron chi connectivity index (χ0n) is 5.87. The second-order valence-corrected chi connectivity index (χ2v) is 3.77. The highest BCUT2D eigenvalue weighted by atomic mass is 79.9. The molecule has 0 saturated heterocycles. The summed E-state index contributed by atoms with van der Waals surface area (Å²) < 4.78 is 0.636. The van der Waals surface area contributed by atoms with E-state index in [-0.39, 0.29) is 0 Å². The lowest BCUT2D eigenvalue weighted by Crippen LogP contribution is -1.95. The Morgan fingerprint density at radius 3 is 2.58 bits per heavy atom. The summed E-state index contributed by atoms with van der Waals surface area (Å²) in [5.41, 5.74) is 6.37. The van der Waals surface area contributed by atoms with E-state index in [4.69, 9.17) is 34.3 Å². The largest absolute Gasteiger partial charge is 0.397 e. The number of anilines is 1. The molecule has 0 unspecified atom stereocenters. The maximum atomic E-state index is 7.03. The third-order valence-electron chi connectivity index (χ3n) is 1.39. The lowest BCUT2D eigenvalue weighted by Gasteiger charge is -2.06. The highest BCUT2D eigenvalue weighted by Gasteiger charge is 2.09. The van der Waals surface area contributed by atoms with Gasteiger partial charge in [0.25, 0.3) is 0 Å². The summed E-state index contributed by atoms with van der Waals surface area (Å²) in [6.07, 6.45) is 1.08. The minimum Gasteiger partial charge on any atom is -0.397 e. The smallest absolute Gasteiger partial charge is 0.0785 e. The van der Waals surface area contributed by atoms with E-state index in [1.54, 1.807) is 6.07 Å². The zero-order chi connectivity index (χ0) is 9.30. The summed E-state index contributed by atoms with van der Waals surface area (Å²) in [7, 11) is 0. The molecule has 0 aliphatic rings. The molecule has 64 valence electrons. The summed E-state index contributed by atoms with van der Waals surface area (Å²) in [6.45, 7) is 0. The first-order valence-electron chi connectivity index (χ1n) is 3.01. The third kappa shape index (κ3) is 1.58.